The quantitative estimate of drug-likeness (QED) is 0.760. The molecule has 1 aromatic carbocycles. The number of aliphatic hydroxyl groups excluding tert-OH is 1. The van der Waals surface area contributed by atoms with Crippen molar-refractivity contribution in [3.05, 3.63) is 35.9 Å². The SMILES string of the molecule is OC[C@H]1CC[C@H](c2ccccc2)CC1. The van der Waals surface area contributed by atoms with Crippen LogP contribution in [0.15, 0.2) is 30.3 Å². The number of hydrogen-bond donors (Lipinski definition) is 1. The van der Waals surface area contributed by atoms with Crippen molar-refractivity contribution < 1.29 is 5.11 Å². The third-order valence-electron chi connectivity index (χ3n) is 3.38. The lowest BCUT2D eigenvalue weighted by Crippen LogP contribution is -2.15. The van der Waals surface area contributed by atoms with Crippen LogP contribution in [0.25, 0.3) is 0 Å². The topological polar surface area (TPSA) is 20.2 Å². The molecule has 0 heterocycles. The van der Waals surface area contributed by atoms with Crippen LogP contribution >= 0.6 is 0 Å². The van der Waals surface area contributed by atoms with Crippen molar-refractivity contribution >= 4 is 0 Å². The van der Waals surface area contributed by atoms with Gasteiger partial charge in [-0.1, -0.05) is 30.3 Å². The first-order valence-electron chi connectivity index (χ1n) is 5.56. The largest absolute Gasteiger partial charge is 0.396 e. The summed E-state index contributed by atoms with van der Waals surface area (Å²) in [6, 6.07) is 10.8. The highest BCUT2D eigenvalue weighted by atomic mass is 16.3. The zero-order valence-corrected chi connectivity index (χ0v) is 8.52. The maximum absolute atomic E-state index is 9.05. The summed E-state index contributed by atoms with van der Waals surface area (Å²) in [4.78, 5) is 0. The van der Waals surface area contributed by atoms with Gasteiger partial charge in [0.15, 0.2) is 0 Å². The molecule has 0 amide bonds. The Kier molecular flexibility index (Phi) is 3.20. The van der Waals surface area contributed by atoms with Crippen molar-refractivity contribution in [3.63, 3.8) is 0 Å². The second-order valence-corrected chi connectivity index (χ2v) is 4.31. The Hall–Kier alpha value is -0.820. The Balaban J connectivity index is 1.96. The minimum absolute atomic E-state index is 0.376. The summed E-state index contributed by atoms with van der Waals surface area (Å²) in [5.41, 5.74) is 1.48. The summed E-state index contributed by atoms with van der Waals surface area (Å²) >= 11 is 0. The van der Waals surface area contributed by atoms with Crippen molar-refractivity contribution in [2.75, 3.05) is 6.61 Å². The van der Waals surface area contributed by atoms with E-state index in [1.165, 1.54) is 31.2 Å². The molecule has 0 radical (unpaired) electrons. The lowest BCUT2D eigenvalue weighted by atomic mass is 9.79. The lowest BCUT2D eigenvalue weighted by Gasteiger charge is -2.27. The standard InChI is InChI=1S/C13H18O/c14-10-11-6-8-13(9-7-11)12-4-2-1-3-5-12/h1-5,11,13-14H,6-10H2/t11-,13-. The van der Waals surface area contributed by atoms with Gasteiger partial charge in [-0.25, -0.2) is 0 Å². The molecule has 1 saturated carbocycles. The molecular weight excluding hydrogens is 172 g/mol. The fraction of sp³-hybridized carbons (Fsp3) is 0.538. The van der Waals surface area contributed by atoms with Crippen LogP contribution in [0.4, 0.5) is 0 Å². The number of hydrogen-bond acceptors (Lipinski definition) is 1. The van der Waals surface area contributed by atoms with Gasteiger partial charge in [0.25, 0.3) is 0 Å². The zero-order chi connectivity index (χ0) is 9.80. The second kappa shape index (κ2) is 4.61. The van der Waals surface area contributed by atoms with Crippen LogP contribution in [0.1, 0.15) is 37.2 Å². The molecule has 0 saturated heterocycles. The van der Waals surface area contributed by atoms with Crippen LogP contribution in [0.3, 0.4) is 0 Å². The van der Waals surface area contributed by atoms with Gasteiger partial charge in [-0.05, 0) is 43.1 Å². The highest BCUT2D eigenvalue weighted by Crippen LogP contribution is 2.35. The smallest absolute Gasteiger partial charge is 0.0459 e. The summed E-state index contributed by atoms with van der Waals surface area (Å²) < 4.78 is 0. The van der Waals surface area contributed by atoms with E-state index in [4.69, 9.17) is 5.11 Å². The molecule has 1 aliphatic rings. The van der Waals surface area contributed by atoms with E-state index in [0.29, 0.717) is 12.5 Å². The van der Waals surface area contributed by atoms with E-state index in [2.05, 4.69) is 30.3 Å². The monoisotopic (exact) mass is 190 g/mol. The predicted octanol–water partition coefficient (Wildman–Crippen LogP) is 2.95. The van der Waals surface area contributed by atoms with Crippen LogP contribution in [-0.4, -0.2) is 11.7 Å². The normalized spacial score (nSPS) is 27.5. The van der Waals surface area contributed by atoms with Crippen LogP contribution in [0.2, 0.25) is 0 Å². The van der Waals surface area contributed by atoms with Crippen molar-refractivity contribution in [1.29, 1.82) is 0 Å². The number of rotatable bonds is 2. The molecule has 0 unspecified atom stereocenters. The first-order valence-corrected chi connectivity index (χ1v) is 5.56. The summed E-state index contributed by atoms with van der Waals surface area (Å²) in [6.07, 6.45) is 4.87. The molecule has 0 aromatic heterocycles. The average Bonchev–Trinajstić information content (AvgIpc) is 2.30. The van der Waals surface area contributed by atoms with E-state index in [-0.39, 0.29) is 0 Å². The van der Waals surface area contributed by atoms with Crippen LogP contribution < -0.4 is 0 Å². The molecule has 0 spiro atoms. The summed E-state index contributed by atoms with van der Waals surface area (Å²) in [6.45, 7) is 0.376. The third-order valence-corrected chi connectivity index (χ3v) is 3.38. The molecule has 0 aliphatic heterocycles. The van der Waals surface area contributed by atoms with E-state index in [9.17, 15) is 0 Å². The molecule has 1 nitrogen and oxygen atoms in total. The first kappa shape index (κ1) is 9.72. The molecular formula is C13H18O. The molecule has 14 heavy (non-hydrogen) atoms. The van der Waals surface area contributed by atoms with E-state index in [1.54, 1.807) is 0 Å². The molecule has 1 heteroatoms. The van der Waals surface area contributed by atoms with Gasteiger partial charge >= 0.3 is 0 Å². The van der Waals surface area contributed by atoms with Gasteiger partial charge < -0.3 is 5.11 Å². The Bertz CT molecular complexity index is 260. The Morgan fingerprint density at radius 1 is 1.00 bits per heavy atom. The molecule has 0 atom stereocenters. The summed E-state index contributed by atoms with van der Waals surface area (Å²) in [5.74, 6) is 1.30. The van der Waals surface area contributed by atoms with Gasteiger partial charge in [0.1, 0.15) is 0 Å². The van der Waals surface area contributed by atoms with E-state index >= 15 is 0 Å². The van der Waals surface area contributed by atoms with Gasteiger partial charge in [-0.3, -0.25) is 0 Å². The number of aliphatic hydroxyl groups is 1. The van der Waals surface area contributed by atoms with Crippen molar-refractivity contribution in [3.8, 4) is 0 Å². The minimum Gasteiger partial charge on any atom is -0.396 e. The molecule has 1 N–H and O–H groups in total. The minimum atomic E-state index is 0.376. The third kappa shape index (κ3) is 2.16. The van der Waals surface area contributed by atoms with Crippen molar-refractivity contribution in [2.24, 2.45) is 5.92 Å². The second-order valence-electron chi connectivity index (χ2n) is 4.31. The fourth-order valence-corrected chi connectivity index (χ4v) is 2.40. The zero-order valence-electron chi connectivity index (χ0n) is 8.52. The molecule has 2 rings (SSSR count). The molecule has 76 valence electrons. The van der Waals surface area contributed by atoms with Gasteiger partial charge in [0, 0.05) is 6.61 Å². The van der Waals surface area contributed by atoms with Gasteiger partial charge in [0.2, 0.25) is 0 Å². The van der Waals surface area contributed by atoms with Crippen LogP contribution in [-0.2, 0) is 0 Å². The molecule has 1 aliphatic carbocycles. The lowest BCUT2D eigenvalue weighted by molar-refractivity contribution is 0.182. The number of benzene rings is 1. The molecule has 1 fully saturated rings. The van der Waals surface area contributed by atoms with E-state index in [1.807, 2.05) is 0 Å². The maximum Gasteiger partial charge on any atom is 0.0459 e. The van der Waals surface area contributed by atoms with E-state index in [0.717, 1.165) is 5.92 Å². The summed E-state index contributed by atoms with van der Waals surface area (Å²) in [7, 11) is 0. The van der Waals surface area contributed by atoms with Crippen LogP contribution in [0.5, 0.6) is 0 Å². The fourth-order valence-electron chi connectivity index (χ4n) is 2.40. The molecule has 0 bridgehead atoms. The van der Waals surface area contributed by atoms with Gasteiger partial charge in [-0.15, -0.1) is 0 Å². The van der Waals surface area contributed by atoms with Gasteiger partial charge in [0.05, 0.1) is 0 Å². The average molecular weight is 190 g/mol. The maximum atomic E-state index is 9.05. The Labute approximate surface area is 85.8 Å². The van der Waals surface area contributed by atoms with Crippen LogP contribution in [0, 0.1) is 5.92 Å². The van der Waals surface area contributed by atoms with E-state index < -0.39 is 0 Å². The Morgan fingerprint density at radius 3 is 2.21 bits per heavy atom. The van der Waals surface area contributed by atoms with Gasteiger partial charge in [-0.2, -0.15) is 0 Å². The van der Waals surface area contributed by atoms with Crippen molar-refractivity contribution in [2.45, 2.75) is 31.6 Å². The molecule has 1 aromatic rings. The first-order chi connectivity index (χ1) is 6.90. The summed E-state index contributed by atoms with van der Waals surface area (Å²) in [5, 5.41) is 9.05. The highest BCUT2D eigenvalue weighted by Gasteiger charge is 2.21. The highest BCUT2D eigenvalue weighted by molar-refractivity contribution is 5.19. The Morgan fingerprint density at radius 2 is 1.64 bits per heavy atom. The predicted molar refractivity (Wildman–Crippen MR) is 58.2 cm³/mol. The van der Waals surface area contributed by atoms with Crippen molar-refractivity contribution in [1.82, 2.24) is 0 Å².